The quantitative estimate of drug-likeness (QED) is 0.483. The molecule has 1 saturated carbocycles. The van der Waals surface area contributed by atoms with Crippen LogP contribution in [0.4, 0.5) is 5.95 Å². The van der Waals surface area contributed by atoms with Gasteiger partial charge < -0.3 is 25.4 Å². The molecular formula is C23H29N5O5. The molecule has 3 aromatic heterocycles. The second kappa shape index (κ2) is 9.82. The van der Waals surface area contributed by atoms with Gasteiger partial charge >= 0.3 is 0 Å². The van der Waals surface area contributed by atoms with Gasteiger partial charge in [-0.25, -0.2) is 9.97 Å². The molecule has 10 nitrogen and oxygen atoms in total. The standard InChI is InChI=1S/C23H29N5O5/c1-13-18-9-19(14-3-8-20(32-2)25-10-14)22(31)28(21(18)27-23(24)26-13)15-4-6-17(7-5-15)33-12-16(30)11-29/h3,8-10,15-17,29-30H,4-7,11-12H2,1-2H3,(H2,24,26,27)/t15?,16-,17?/m1/s1. The zero-order valence-electron chi connectivity index (χ0n) is 18.8. The Labute approximate surface area is 191 Å². The van der Waals surface area contributed by atoms with Crippen molar-refractivity contribution in [1.82, 2.24) is 19.5 Å². The van der Waals surface area contributed by atoms with E-state index in [-0.39, 0.29) is 36.9 Å². The molecule has 1 aliphatic rings. The SMILES string of the molecule is COc1ccc(-c2cc3c(C)nc(N)nc3n(C3CCC(OC[C@H](O)CO)CC3)c2=O)cn1. The van der Waals surface area contributed by atoms with Gasteiger partial charge in [-0.3, -0.25) is 9.36 Å². The highest BCUT2D eigenvalue weighted by atomic mass is 16.5. The summed E-state index contributed by atoms with van der Waals surface area (Å²) in [6.45, 7) is 1.62. The first-order chi connectivity index (χ1) is 15.9. The van der Waals surface area contributed by atoms with E-state index in [1.807, 2.05) is 13.0 Å². The van der Waals surface area contributed by atoms with Crippen LogP contribution in [-0.2, 0) is 4.74 Å². The van der Waals surface area contributed by atoms with Crippen molar-refractivity contribution >= 4 is 17.0 Å². The summed E-state index contributed by atoms with van der Waals surface area (Å²) in [6, 6.07) is 5.25. The molecule has 0 aliphatic heterocycles. The van der Waals surface area contributed by atoms with E-state index < -0.39 is 6.10 Å². The lowest BCUT2D eigenvalue weighted by Crippen LogP contribution is -2.33. The number of methoxy groups -OCH3 is 1. The summed E-state index contributed by atoms with van der Waals surface area (Å²) in [5.74, 6) is 0.596. The highest BCUT2D eigenvalue weighted by molar-refractivity contribution is 5.84. The van der Waals surface area contributed by atoms with E-state index in [0.717, 1.165) is 18.2 Å². The Balaban J connectivity index is 1.72. The van der Waals surface area contributed by atoms with Gasteiger partial charge in [0.2, 0.25) is 11.8 Å². The number of fused-ring (bicyclic) bond motifs is 1. The summed E-state index contributed by atoms with van der Waals surface area (Å²) >= 11 is 0. The molecule has 0 aromatic carbocycles. The minimum Gasteiger partial charge on any atom is -0.481 e. The fraction of sp³-hybridized carbons (Fsp3) is 0.478. The van der Waals surface area contributed by atoms with Gasteiger partial charge in [0.1, 0.15) is 11.8 Å². The minimum atomic E-state index is -0.883. The fourth-order valence-electron chi connectivity index (χ4n) is 4.35. The molecule has 1 fully saturated rings. The van der Waals surface area contributed by atoms with E-state index in [1.54, 1.807) is 30.0 Å². The van der Waals surface area contributed by atoms with Crippen LogP contribution in [0.25, 0.3) is 22.2 Å². The number of aliphatic hydroxyl groups excluding tert-OH is 2. The smallest absolute Gasteiger partial charge is 0.260 e. The summed E-state index contributed by atoms with van der Waals surface area (Å²) < 4.78 is 12.6. The van der Waals surface area contributed by atoms with Gasteiger partial charge in [-0.2, -0.15) is 4.98 Å². The zero-order valence-corrected chi connectivity index (χ0v) is 18.8. The van der Waals surface area contributed by atoms with Crippen LogP contribution in [0.2, 0.25) is 0 Å². The number of anilines is 1. The number of aromatic nitrogens is 4. The van der Waals surface area contributed by atoms with E-state index in [1.165, 1.54) is 0 Å². The Hall–Kier alpha value is -3.08. The summed E-state index contributed by atoms with van der Waals surface area (Å²) in [6.07, 6.45) is 3.59. The summed E-state index contributed by atoms with van der Waals surface area (Å²) in [4.78, 5) is 26.7. The van der Waals surface area contributed by atoms with Crippen LogP contribution in [0.5, 0.6) is 5.88 Å². The third-order valence-electron chi connectivity index (χ3n) is 6.10. The number of ether oxygens (including phenoxy) is 2. The molecule has 0 spiro atoms. The average molecular weight is 456 g/mol. The first kappa shape index (κ1) is 23.1. The number of rotatable bonds is 7. The van der Waals surface area contributed by atoms with Gasteiger partial charge in [-0.1, -0.05) is 0 Å². The number of hydrogen-bond acceptors (Lipinski definition) is 9. The normalized spacial score (nSPS) is 19.5. The van der Waals surface area contributed by atoms with Crippen molar-refractivity contribution in [3.63, 3.8) is 0 Å². The van der Waals surface area contributed by atoms with Crippen LogP contribution in [0.15, 0.2) is 29.2 Å². The topological polar surface area (TPSA) is 146 Å². The Kier molecular flexibility index (Phi) is 6.87. The predicted molar refractivity (Wildman–Crippen MR) is 123 cm³/mol. The molecule has 0 amide bonds. The number of nitrogens with two attached hydrogens (primary N) is 1. The lowest BCUT2D eigenvalue weighted by atomic mass is 9.92. The number of hydrogen-bond donors (Lipinski definition) is 3. The fourth-order valence-corrected chi connectivity index (χ4v) is 4.35. The van der Waals surface area contributed by atoms with Gasteiger partial charge in [0.15, 0.2) is 0 Å². The van der Waals surface area contributed by atoms with Crippen LogP contribution in [0, 0.1) is 6.92 Å². The number of pyridine rings is 2. The van der Waals surface area contributed by atoms with Gasteiger partial charge in [-0.15, -0.1) is 0 Å². The molecule has 1 atom stereocenters. The molecule has 4 rings (SSSR count). The maximum Gasteiger partial charge on any atom is 0.260 e. The Morgan fingerprint density at radius 2 is 2.00 bits per heavy atom. The van der Waals surface area contributed by atoms with E-state index in [2.05, 4.69) is 15.0 Å². The van der Waals surface area contributed by atoms with E-state index >= 15 is 0 Å². The maximum absolute atomic E-state index is 13.7. The molecule has 3 aromatic rings. The molecule has 176 valence electrons. The summed E-state index contributed by atoms with van der Waals surface area (Å²) in [5, 5.41) is 19.3. The van der Waals surface area contributed by atoms with Crippen molar-refractivity contribution in [2.45, 2.75) is 50.9 Å². The molecule has 1 aliphatic carbocycles. The molecule has 4 N–H and O–H groups in total. The van der Waals surface area contributed by atoms with Gasteiger partial charge in [0.05, 0.1) is 32.1 Å². The van der Waals surface area contributed by atoms with Crippen LogP contribution < -0.4 is 16.0 Å². The highest BCUT2D eigenvalue weighted by Crippen LogP contribution is 2.33. The molecule has 0 saturated heterocycles. The Morgan fingerprint density at radius 1 is 1.24 bits per heavy atom. The zero-order chi connectivity index (χ0) is 23.5. The van der Waals surface area contributed by atoms with Crippen molar-refractivity contribution in [3.8, 4) is 17.0 Å². The van der Waals surface area contributed by atoms with Crippen molar-refractivity contribution in [2.24, 2.45) is 0 Å². The largest absolute Gasteiger partial charge is 0.481 e. The third kappa shape index (κ3) is 4.82. The van der Waals surface area contributed by atoms with E-state index in [9.17, 15) is 9.90 Å². The summed E-state index contributed by atoms with van der Waals surface area (Å²) in [7, 11) is 1.54. The number of aryl methyl sites for hydroxylation is 1. The molecule has 0 unspecified atom stereocenters. The van der Waals surface area contributed by atoms with Crippen molar-refractivity contribution in [2.75, 3.05) is 26.1 Å². The lowest BCUT2D eigenvalue weighted by Gasteiger charge is -2.31. The first-order valence-electron chi connectivity index (χ1n) is 11.0. The van der Waals surface area contributed by atoms with E-state index in [0.29, 0.717) is 41.2 Å². The molecule has 33 heavy (non-hydrogen) atoms. The Morgan fingerprint density at radius 3 is 2.64 bits per heavy atom. The molecule has 0 bridgehead atoms. The van der Waals surface area contributed by atoms with Crippen molar-refractivity contribution in [3.05, 3.63) is 40.4 Å². The third-order valence-corrected chi connectivity index (χ3v) is 6.10. The van der Waals surface area contributed by atoms with Crippen LogP contribution >= 0.6 is 0 Å². The van der Waals surface area contributed by atoms with Crippen molar-refractivity contribution < 1.29 is 19.7 Å². The molecule has 3 heterocycles. The van der Waals surface area contributed by atoms with Gasteiger partial charge in [-0.05, 0) is 44.7 Å². The molecule has 10 heteroatoms. The maximum atomic E-state index is 13.7. The first-order valence-corrected chi connectivity index (χ1v) is 11.0. The summed E-state index contributed by atoms with van der Waals surface area (Å²) in [5.41, 5.74) is 8.19. The second-order valence-electron chi connectivity index (χ2n) is 8.33. The van der Waals surface area contributed by atoms with Crippen LogP contribution in [0.1, 0.15) is 37.4 Å². The lowest BCUT2D eigenvalue weighted by molar-refractivity contribution is -0.0434. The monoisotopic (exact) mass is 455 g/mol. The average Bonchev–Trinajstić information content (AvgIpc) is 2.83. The van der Waals surface area contributed by atoms with Gasteiger partial charge in [0.25, 0.3) is 5.56 Å². The van der Waals surface area contributed by atoms with Gasteiger partial charge in [0, 0.05) is 34.8 Å². The molecular weight excluding hydrogens is 426 g/mol. The molecule has 0 radical (unpaired) electrons. The highest BCUT2D eigenvalue weighted by Gasteiger charge is 2.27. The Bertz CT molecular complexity index is 1170. The minimum absolute atomic E-state index is 0.0279. The number of nitrogens with zero attached hydrogens (tertiary/aromatic N) is 4. The second-order valence-corrected chi connectivity index (χ2v) is 8.33. The van der Waals surface area contributed by atoms with E-state index in [4.69, 9.17) is 20.3 Å². The van der Waals surface area contributed by atoms with Crippen LogP contribution in [-0.4, -0.2) is 62.3 Å². The van der Waals surface area contributed by atoms with Crippen LogP contribution in [0.3, 0.4) is 0 Å². The number of nitrogen functional groups attached to an aromatic ring is 1. The van der Waals surface area contributed by atoms with Crippen molar-refractivity contribution in [1.29, 1.82) is 0 Å². The number of aliphatic hydroxyl groups is 2. The predicted octanol–water partition coefficient (Wildman–Crippen LogP) is 1.61.